The Labute approximate surface area is 222 Å². The largest absolute Gasteiger partial charge is 0.493 e. The molecule has 0 saturated carbocycles. The van der Waals surface area contributed by atoms with Crippen molar-refractivity contribution >= 4 is 11.9 Å². The van der Waals surface area contributed by atoms with Crippen LogP contribution in [-0.2, 0) is 14.3 Å². The summed E-state index contributed by atoms with van der Waals surface area (Å²) in [6.45, 7) is 5.81. The number of esters is 2. The Morgan fingerprint density at radius 3 is 2.22 bits per heavy atom. The van der Waals surface area contributed by atoms with Crippen LogP contribution in [0.15, 0.2) is 12.1 Å². The molecule has 8 nitrogen and oxygen atoms in total. The maximum absolute atomic E-state index is 12.5. The molecule has 0 amide bonds. The van der Waals surface area contributed by atoms with Crippen LogP contribution in [0.5, 0.6) is 17.2 Å². The van der Waals surface area contributed by atoms with Crippen molar-refractivity contribution in [1.82, 2.24) is 4.90 Å². The van der Waals surface area contributed by atoms with Gasteiger partial charge in [-0.15, -0.1) is 0 Å². The zero-order valence-corrected chi connectivity index (χ0v) is 23.4. The number of benzene rings is 1. The van der Waals surface area contributed by atoms with Crippen LogP contribution in [0.3, 0.4) is 0 Å². The Hall–Kier alpha value is -2.48. The molecule has 0 N–H and O–H groups in total. The van der Waals surface area contributed by atoms with Gasteiger partial charge in [0.05, 0.1) is 40.1 Å². The highest BCUT2D eigenvalue weighted by atomic mass is 16.5. The smallest absolute Gasteiger partial charge is 0.338 e. The van der Waals surface area contributed by atoms with E-state index in [1.54, 1.807) is 12.1 Å². The number of likely N-dealkylation sites (tertiary alicyclic amines) is 1. The number of carbonyl (C=O) groups excluding carboxylic acids is 2. The minimum atomic E-state index is -0.427. The minimum absolute atomic E-state index is 0.0654. The number of carbonyl (C=O) groups is 2. The second-order valence-corrected chi connectivity index (χ2v) is 9.77. The van der Waals surface area contributed by atoms with Crippen molar-refractivity contribution in [3.63, 3.8) is 0 Å². The van der Waals surface area contributed by atoms with Gasteiger partial charge in [-0.25, -0.2) is 4.79 Å². The van der Waals surface area contributed by atoms with Gasteiger partial charge in [0.1, 0.15) is 0 Å². The van der Waals surface area contributed by atoms with E-state index < -0.39 is 5.97 Å². The molecule has 210 valence electrons. The maximum atomic E-state index is 12.5. The molecule has 0 spiro atoms. The Balaban J connectivity index is 1.63. The molecule has 0 aromatic heterocycles. The van der Waals surface area contributed by atoms with E-state index in [1.807, 2.05) is 0 Å². The second-order valence-electron chi connectivity index (χ2n) is 9.77. The topological polar surface area (TPSA) is 83.5 Å². The van der Waals surface area contributed by atoms with Gasteiger partial charge in [0, 0.05) is 25.4 Å². The molecule has 1 aromatic carbocycles. The van der Waals surface area contributed by atoms with Crippen LogP contribution >= 0.6 is 0 Å². The molecule has 8 heteroatoms. The van der Waals surface area contributed by atoms with Crippen molar-refractivity contribution in [3.8, 4) is 17.2 Å². The number of hydrogen-bond acceptors (Lipinski definition) is 8. The van der Waals surface area contributed by atoms with E-state index in [9.17, 15) is 9.59 Å². The third kappa shape index (κ3) is 11.2. The van der Waals surface area contributed by atoms with Crippen molar-refractivity contribution in [1.29, 1.82) is 0 Å². The second kappa shape index (κ2) is 17.9. The van der Waals surface area contributed by atoms with Crippen molar-refractivity contribution < 1.29 is 33.3 Å². The quantitative estimate of drug-likeness (QED) is 0.181. The zero-order valence-electron chi connectivity index (χ0n) is 23.4. The van der Waals surface area contributed by atoms with Crippen LogP contribution in [0.25, 0.3) is 0 Å². The van der Waals surface area contributed by atoms with Gasteiger partial charge in [0.15, 0.2) is 11.5 Å². The normalized spacial score (nSPS) is 15.7. The summed E-state index contributed by atoms with van der Waals surface area (Å²) in [4.78, 5) is 27.0. The molecule has 0 aliphatic carbocycles. The predicted octanol–water partition coefficient (Wildman–Crippen LogP) is 5.66. The van der Waals surface area contributed by atoms with Crippen LogP contribution in [0.2, 0.25) is 0 Å². The highest BCUT2D eigenvalue weighted by molar-refractivity contribution is 5.91. The van der Waals surface area contributed by atoms with Crippen molar-refractivity contribution in [2.24, 2.45) is 5.92 Å². The van der Waals surface area contributed by atoms with Gasteiger partial charge in [0.25, 0.3) is 0 Å². The van der Waals surface area contributed by atoms with Crippen molar-refractivity contribution in [2.75, 3.05) is 54.2 Å². The standard InChI is InChI=1S/C29H47NO7/c1-5-6-7-8-9-10-11-15-27(31)37-22-23-14-12-16-30(21-23)17-13-18-36-29(32)24-19-25(33-2)28(35-4)26(20-24)34-3/h19-20,23H,5-18,21-22H2,1-4H3. The summed E-state index contributed by atoms with van der Waals surface area (Å²) in [7, 11) is 4.54. The maximum Gasteiger partial charge on any atom is 0.338 e. The molecule has 0 radical (unpaired) electrons. The lowest BCUT2D eigenvalue weighted by molar-refractivity contribution is -0.145. The molecule has 1 heterocycles. The summed E-state index contributed by atoms with van der Waals surface area (Å²) in [5.41, 5.74) is 0.353. The van der Waals surface area contributed by atoms with E-state index >= 15 is 0 Å². The Kier molecular flexibility index (Phi) is 14.9. The number of unbranched alkanes of at least 4 members (excludes halogenated alkanes) is 6. The summed E-state index contributed by atoms with van der Waals surface area (Å²) < 4.78 is 27.0. The Morgan fingerprint density at radius 1 is 0.892 bits per heavy atom. The van der Waals surface area contributed by atoms with Crippen molar-refractivity contribution in [2.45, 2.75) is 77.6 Å². The van der Waals surface area contributed by atoms with Gasteiger partial charge < -0.3 is 28.6 Å². The SMILES string of the molecule is CCCCCCCCCC(=O)OCC1CCCN(CCCOC(=O)c2cc(OC)c(OC)c(OC)c2)C1. The van der Waals surface area contributed by atoms with Crippen LogP contribution in [0.4, 0.5) is 0 Å². The number of hydrogen-bond donors (Lipinski definition) is 0. The van der Waals surface area contributed by atoms with E-state index in [-0.39, 0.29) is 5.97 Å². The average molecular weight is 522 g/mol. The fourth-order valence-corrected chi connectivity index (χ4v) is 4.74. The highest BCUT2D eigenvalue weighted by Gasteiger charge is 2.22. The average Bonchev–Trinajstić information content (AvgIpc) is 2.92. The van der Waals surface area contributed by atoms with Crippen LogP contribution < -0.4 is 14.2 Å². The molecule has 1 saturated heterocycles. The summed E-state index contributed by atoms with van der Waals surface area (Å²) in [6.07, 6.45) is 11.8. The fourth-order valence-electron chi connectivity index (χ4n) is 4.74. The summed E-state index contributed by atoms with van der Waals surface area (Å²) in [5.74, 6) is 1.14. The van der Waals surface area contributed by atoms with Crippen LogP contribution in [0, 0.1) is 5.92 Å². The number of ether oxygens (including phenoxy) is 5. The molecule has 0 bridgehead atoms. The first-order valence-electron chi connectivity index (χ1n) is 13.9. The third-order valence-corrected chi connectivity index (χ3v) is 6.82. The van der Waals surface area contributed by atoms with Gasteiger partial charge in [-0.3, -0.25) is 4.79 Å². The van der Waals surface area contributed by atoms with Crippen LogP contribution in [0.1, 0.15) is 87.9 Å². The van der Waals surface area contributed by atoms with E-state index in [2.05, 4.69) is 11.8 Å². The highest BCUT2D eigenvalue weighted by Crippen LogP contribution is 2.38. The molecule has 1 fully saturated rings. The molecule has 2 rings (SSSR count). The number of rotatable bonds is 18. The molecular formula is C29H47NO7. The van der Waals surface area contributed by atoms with E-state index in [4.69, 9.17) is 23.7 Å². The van der Waals surface area contributed by atoms with E-state index in [0.717, 1.165) is 51.7 Å². The molecule has 1 aromatic rings. The molecule has 1 aliphatic heterocycles. The van der Waals surface area contributed by atoms with E-state index in [0.29, 0.717) is 48.4 Å². The van der Waals surface area contributed by atoms with Crippen LogP contribution in [-0.4, -0.2) is 71.0 Å². The van der Waals surface area contributed by atoms with Gasteiger partial charge >= 0.3 is 11.9 Å². The first kappa shape index (κ1) is 30.7. The van der Waals surface area contributed by atoms with Gasteiger partial charge in [0.2, 0.25) is 5.75 Å². The first-order chi connectivity index (χ1) is 18.0. The summed E-state index contributed by atoms with van der Waals surface area (Å²) in [5, 5.41) is 0. The number of nitrogens with zero attached hydrogens (tertiary/aromatic N) is 1. The van der Waals surface area contributed by atoms with Gasteiger partial charge in [-0.1, -0.05) is 45.4 Å². The molecule has 1 unspecified atom stereocenters. The van der Waals surface area contributed by atoms with Gasteiger partial charge in [-0.2, -0.15) is 0 Å². The lowest BCUT2D eigenvalue weighted by Crippen LogP contribution is -2.38. The Morgan fingerprint density at radius 2 is 1.57 bits per heavy atom. The predicted molar refractivity (Wildman–Crippen MR) is 144 cm³/mol. The molecule has 37 heavy (non-hydrogen) atoms. The molecule has 1 aliphatic rings. The monoisotopic (exact) mass is 521 g/mol. The summed E-state index contributed by atoms with van der Waals surface area (Å²) >= 11 is 0. The number of methoxy groups -OCH3 is 3. The minimum Gasteiger partial charge on any atom is -0.493 e. The van der Waals surface area contributed by atoms with Crippen molar-refractivity contribution in [3.05, 3.63) is 17.7 Å². The number of piperidine rings is 1. The summed E-state index contributed by atoms with van der Waals surface area (Å²) in [6, 6.07) is 3.18. The molecule has 1 atom stereocenters. The first-order valence-corrected chi connectivity index (χ1v) is 13.9. The lowest BCUT2D eigenvalue weighted by atomic mass is 9.99. The van der Waals surface area contributed by atoms with Gasteiger partial charge in [-0.05, 0) is 44.4 Å². The zero-order chi connectivity index (χ0) is 26.9. The lowest BCUT2D eigenvalue weighted by Gasteiger charge is -2.32. The fraction of sp³-hybridized carbons (Fsp3) is 0.724. The Bertz CT molecular complexity index is 788. The molecular weight excluding hydrogens is 474 g/mol. The third-order valence-electron chi connectivity index (χ3n) is 6.82. The van der Waals surface area contributed by atoms with E-state index in [1.165, 1.54) is 53.4 Å².